The van der Waals surface area contributed by atoms with E-state index in [0.29, 0.717) is 0 Å². The van der Waals surface area contributed by atoms with Crippen molar-refractivity contribution in [1.82, 2.24) is 5.32 Å². The topological polar surface area (TPSA) is 12.0 Å². The average Bonchev–Trinajstić information content (AvgIpc) is 2.32. The van der Waals surface area contributed by atoms with E-state index in [9.17, 15) is 4.39 Å². The van der Waals surface area contributed by atoms with Crippen LogP contribution in [0.25, 0.3) is 0 Å². The zero-order valence-corrected chi connectivity index (χ0v) is 11.2. The smallest absolute Gasteiger partial charge is 0.127 e. The lowest BCUT2D eigenvalue weighted by atomic mass is 9.98. The van der Waals surface area contributed by atoms with Gasteiger partial charge in [-0.05, 0) is 26.0 Å². The second kappa shape index (κ2) is 7.44. The van der Waals surface area contributed by atoms with Gasteiger partial charge in [-0.25, -0.2) is 4.39 Å². The van der Waals surface area contributed by atoms with Gasteiger partial charge < -0.3 is 5.32 Å². The molecule has 0 aliphatic rings. The van der Waals surface area contributed by atoms with Crippen LogP contribution in [0.1, 0.15) is 56.7 Å². The summed E-state index contributed by atoms with van der Waals surface area (Å²) in [4.78, 5) is 0. The lowest BCUT2D eigenvalue weighted by Gasteiger charge is -2.19. The highest BCUT2D eigenvalue weighted by atomic mass is 19.1. The summed E-state index contributed by atoms with van der Waals surface area (Å²) in [5, 5.41) is 3.39. The number of hydrogen-bond donors (Lipinski definition) is 1. The molecule has 0 heterocycles. The Morgan fingerprint density at radius 2 is 2.00 bits per heavy atom. The van der Waals surface area contributed by atoms with Gasteiger partial charge in [-0.3, -0.25) is 0 Å². The zero-order valence-electron chi connectivity index (χ0n) is 11.2. The molecule has 0 amide bonds. The van der Waals surface area contributed by atoms with Crippen molar-refractivity contribution in [2.24, 2.45) is 0 Å². The fraction of sp³-hybridized carbons (Fsp3) is 0.600. The van der Waals surface area contributed by atoms with Crippen molar-refractivity contribution in [3.8, 4) is 0 Å². The summed E-state index contributed by atoms with van der Waals surface area (Å²) in [6, 6.07) is 5.53. The monoisotopic (exact) mass is 237 g/mol. The van der Waals surface area contributed by atoms with E-state index in [4.69, 9.17) is 0 Å². The Morgan fingerprint density at radius 3 is 2.65 bits per heavy atom. The lowest BCUT2D eigenvalue weighted by molar-refractivity contribution is 0.464. The molecule has 0 saturated carbocycles. The molecule has 0 aromatic heterocycles. The first-order chi connectivity index (χ1) is 8.19. The second-order valence-electron chi connectivity index (χ2n) is 4.63. The van der Waals surface area contributed by atoms with Crippen LogP contribution in [0.5, 0.6) is 0 Å². The molecule has 96 valence electrons. The van der Waals surface area contributed by atoms with Crippen molar-refractivity contribution in [3.05, 3.63) is 35.1 Å². The number of halogens is 1. The number of unbranched alkanes of at least 4 members (excludes halogenated alkanes) is 2. The Balaban J connectivity index is 2.77. The predicted molar refractivity (Wildman–Crippen MR) is 71.7 cm³/mol. The summed E-state index contributed by atoms with van der Waals surface area (Å²) in [5.41, 5.74) is 1.95. The molecule has 1 aromatic carbocycles. The third-order valence-corrected chi connectivity index (χ3v) is 3.07. The molecule has 0 aliphatic heterocycles. The number of benzene rings is 1. The third-order valence-electron chi connectivity index (χ3n) is 3.07. The normalized spacial score (nSPS) is 12.7. The van der Waals surface area contributed by atoms with Crippen molar-refractivity contribution in [3.63, 3.8) is 0 Å². The first-order valence-electron chi connectivity index (χ1n) is 6.68. The molecule has 0 bridgehead atoms. The fourth-order valence-electron chi connectivity index (χ4n) is 2.14. The van der Waals surface area contributed by atoms with Crippen molar-refractivity contribution >= 4 is 0 Å². The van der Waals surface area contributed by atoms with Crippen LogP contribution in [0.3, 0.4) is 0 Å². The van der Waals surface area contributed by atoms with E-state index >= 15 is 0 Å². The maximum absolute atomic E-state index is 13.8. The fourth-order valence-corrected chi connectivity index (χ4v) is 2.14. The summed E-state index contributed by atoms with van der Waals surface area (Å²) >= 11 is 0. The molecule has 1 nitrogen and oxygen atoms in total. The number of aryl methyl sites for hydroxylation is 1. The molecule has 0 aliphatic carbocycles. The van der Waals surface area contributed by atoms with Gasteiger partial charge in [0.25, 0.3) is 0 Å². The molecule has 1 N–H and O–H groups in total. The van der Waals surface area contributed by atoms with Crippen LogP contribution >= 0.6 is 0 Å². The zero-order chi connectivity index (χ0) is 12.7. The maximum Gasteiger partial charge on any atom is 0.127 e. The van der Waals surface area contributed by atoms with Gasteiger partial charge in [0.1, 0.15) is 5.82 Å². The maximum atomic E-state index is 13.8. The van der Waals surface area contributed by atoms with Crippen molar-refractivity contribution < 1.29 is 4.39 Å². The Bertz CT molecular complexity index is 336. The summed E-state index contributed by atoms with van der Waals surface area (Å²) in [7, 11) is 0. The van der Waals surface area contributed by atoms with Crippen molar-refractivity contribution in [2.75, 3.05) is 6.54 Å². The summed E-state index contributed by atoms with van der Waals surface area (Å²) in [6.07, 6.45) is 4.59. The first kappa shape index (κ1) is 14.2. The molecule has 17 heavy (non-hydrogen) atoms. The molecule has 0 saturated heterocycles. The van der Waals surface area contributed by atoms with E-state index in [1.54, 1.807) is 6.07 Å². The van der Waals surface area contributed by atoms with Gasteiger partial charge in [0.2, 0.25) is 0 Å². The van der Waals surface area contributed by atoms with Crippen LogP contribution in [-0.4, -0.2) is 6.54 Å². The Hall–Kier alpha value is -0.890. The van der Waals surface area contributed by atoms with E-state index in [1.807, 2.05) is 19.1 Å². The molecule has 0 spiro atoms. The summed E-state index contributed by atoms with van der Waals surface area (Å²) in [5.74, 6) is -0.0851. The summed E-state index contributed by atoms with van der Waals surface area (Å²) in [6.45, 7) is 7.15. The van der Waals surface area contributed by atoms with E-state index in [2.05, 4.69) is 19.2 Å². The molecular formula is C15H24FN. The van der Waals surface area contributed by atoms with Crippen LogP contribution < -0.4 is 5.32 Å². The van der Waals surface area contributed by atoms with E-state index in [0.717, 1.165) is 30.5 Å². The SMILES string of the molecule is CCCCCC(NCC)c1cc(C)ccc1F. The molecule has 0 radical (unpaired) electrons. The number of nitrogens with one attached hydrogen (secondary N) is 1. The van der Waals surface area contributed by atoms with Crippen LogP contribution in [0, 0.1) is 12.7 Å². The number of rotatable bonds is 7. The minimum absolute atomic E-state index is 0.0851. The molecule has 0 fully saturated rings. The molecule has 2 heteroatoms. The largest absolute Gasteiger partial charge is 0.310 e. The van der Waals surface area contributed by atoms with Crippen LogP contribution in [0.2, 0.25) is 0 Å². The van der Waals surface area contributed by atoms with Crippen LogP contribution in [-0.2, 0) is 0 Å². The Kier molecular flexibility index (Phi) is 6.20. The molecular weight excluding hydrogens is 213 g/mol. The van der Waals surface area contributed by atoms with Gasteiger partial charge >= 0.3 is 0 Å². The highest BCUT2D eigenvalue weighted by Gasteiger charge is 2.14. The summed E-state index contributed by atoms with van der Waals surface area (Å²) < 4.78 is 13.8. The average molecular weight is 237 g/mol. The second-order valence-corrected chi connectivity index (χ2v) is 4.63. The van der Waals surface area contributed by atoms with Crippen LogP contribution in [0.4, 0.5) is 4.39 Å². The first-order valence-corrected chi connectivity index (χ1v) is 6.68. The van der Waals surface area contributed by atoms with Gasteiger partial charge in [0, 0.05) is 11.6 Å². The Labute approximate surface area is 104 Å². The van der Waals surface area contributed by atoms with E-state index < -0.39 is 0 Å². The lowest BCUT2D eigenvalue weighted by Crippen LogP contribution is -2.22. The van der Waals surface area contributed by atoms with Crippen molar-refractivity contribution in [2.45, 2.75) is 52.5 Å². The van der Waals surface area contributed by atoms with Gasteiger partial charge in [0.15, 0.2) is 0 Å². The molecule has 1 aromatic rings. The minimum atomic E-state index is -0.0851. The quantitative estimate of drug-likeness (QED) is 0.695. The highest BCUT2D eigenvalue weighted by molar-refractivity contribution is 5.26. The number of hydrogen-bond acceptors (Lipinski definition) is 1. The van der Waals surface area contributed by atoms with Crippen molar-refractivity contribution in [1.29, 1.82) is 0 Å². The highest BCUT2D eigenvalue weighted by Crippen LogP contribution is 2.23. The van der Waals surface area contributed by atoms with Gasteiger partial charge in [-0.1, -0.05) is 50.8 Å². The van der Waals surface area contributed by atoms with Gasteiger partial charge in [0.05, 0.1) is 0 Å². The van der Waals surface area contributed by atoms with E-state index in [-0.39, 0.29) is 11.9 Å². The third kappa shape index (κ3) is 4.47. The minimum Gasteiger partial charge on any atom is -0.310 e. The molecule has 1 atom stereocenters. The van der Waals surface area contributed by atoms with E-state index in [1.165, 1.54) is 12.8 Å². The Morgan fingerprint density at radius 1 is 1.24 bits per heavy atom. The molecule has 1 rings (SSSR count). The van der Waals surface area contributed by atoms with Gasteiger partial charge in [-0.2, -0.15) is 0 Å². The van der Waals surface area contributed by atoms with Gasteiger partial charge in [-0.15, -0.1) is 0 Å². The predicted octanol–water partition coefficient (Wildman–Crippen LogP) is 4.37. The standard InChI is InChI=1S/C15H24FN/c1-4-6-7-8-15(17-5-2)13-11-12(3)9-10-14(13)16/h9-11,15,17H,4-8H2,1-3H3. The van der Waals surface area contributed by atoms with Crippen LogP contribution in [0.15, 0.2) is 18.2 Å². The molecule has 1 unspecified atom stereocenters.